The molecule has 2 heteroatoms. The molecule has 0 fully saturated rings. The van der Waals surface area contributed by atoms with E-state index in [0.29, 0.717) is 0 Å². The molecule has 81 valence electrons. The predicted octanol–water partition coefficient (Wildman–Crippen LogP) is 3.50. The summed E-state index contributed by atoms with van der Waals surface area (Å²) in [5, 5.41) is 2.47. The summed E-state index contributed by atoms with van der Waals surface area (Å²) >= 11 is 1.88. The summed E-state index contributed by atoms with van der Waals surface area (Å²) < 4.78 is 0. The summed E-state index contributed by atoms with van der Waals surface area (Å²) in [4.78, 5) is 4.34. The van der Waals surface area contributed by atoms with Gasteiger partial charge in [0.05, 0.1) is 6.20 Å². The molecule has 0 bridgehead atoms. The van der Waals surface area contributed by atoms with Crippen LogP contribution in [0.4, 0.5) is 0 Å². The molecule has 2 rings (SSSR count). The van der Waals surface area contributed by atoms with Crippen LogP contribution in [-0.4, -0.2) is 16.5 Å². The molecule has 1 heterocycles. The second-order valence-corrected chi connectivity index (χ2v) is 4.68. The molecule has 1 nitrogen and oxygen atoms in total. The number of pyridine rings is 1. The lowest BCUT2D eigenvalue weighted by molar-refractivity contribution is 1.07. The van der Waals surface area contributed by atoms with E-state index < -0.39 is 0 Å². The van der Waals surface area contributed by atoms with Crippen LogP contribution in [0.3, 0.4) is 0 Å². The highest BCUT2D eigenvalue weighted by Gasteiger charge is 2.01. The second-order valence-electron chi connectivity index (χ2n) is 3.53. The van der Waals surface area contributed by atoms with E-state index in [0.717, 1.165) is 23.6 Å². The quantitative estimate of drug-likeness (QED) is 0.574. The van der Waals surface area contributed by atoms with Crippen LogP contribution < -0.4 is 0 Å². The molecule has 16 heavy (non-hydrogen) atoms. The number of rotatable bonds is 5. The molecule has 0 unspecified atom stereocenters. The van der Waals surface area contributed by atoms with E-state index in [1.54, 1.807) is 0 Å². The minimum Gasteiger partial charge on any atom is -0.250 e. The number of hydrogen-bond donors (Lipinski definition) is 0. The Morgan fingerprint density at radius 3 is 3.12 bits per heavy atom. The third-order valence-corrected chi connectivity index (χ3v) is 3.37. The Balaban J connectivity index is 2.14. The van der Waals surface area contributed by atoms with Crippen molar-refractivity contribution in [2.45, 2.75) is 6.42 Å². The number of fused-ring (bicyclic) bond motifs is 1. The molecule has 2 aromatic rings. The van der Waals surface area contributed by atoms with Crippen LogP contribution in [0.25, 0.3) is 10.8 Å². The van der Waals surface area contributed by atoms with Gasteiger partial charge in [0.2, 0.25) is 0 Å². The lowest BCUT2D eigenvalue weighted by Crippen LogP contribution is -1.94. The molecule has 0 saturated carbocycles. The first-order chi connectivity index (χ1) is 7.92. The third kappa shape index (κ3) is 2.64. The van der Waals surface area contributed by atoms with Crippen molar-refractivity contribution in [1.29, 1.82) is 0 Å². The van der Waals surface area contributed by atoms with E-state index in [1.807, 2.05) is 30.0 Å². The monoisotopic (exact) mass is 228 g/mol. The summed E-state index contributed by atoms with van der Waals surface area (Å²) in [6, 6.07) is 10.3. The van der Waals surface area contributed by atoms with E-state index in [1.165, 1.54) is 10.8 Å². The van der Waals surface area contributed by atoms with Crippen LogP contribution in [0.5, 0.6) is 0 Å². The molecule has 0 aliphatic carbocycles. The first-order valence-electron chi connectivity index (χ1n) is 5.35. The van der Waals surface area contributed by atoms with Crippen molar-refractivity contribution in [2.24, 2.45) is 0 Å². The minimum absolute atomic E-state index is 0.996. The zero-order valence-electron chi connectivity index (χ0n) is 9.15. The Morgan fingerprint density at radius 2 is 2.25 bits per heavy atom. The lowest BCUT2D eigenvalue weighted by Gasteiger charge is -2.04. The van der Waals surface area contributed by atoms with Gasteiger partial charge < -0.3 is 0 Å². The molecule has 1 aromatic heterocycles. The topological polar surface area (TPSA) is 12.9 Å². The largest absolute Gasteiger partial charge is 0.250 e. The van der Waals surface area contributed by atoms with E-state index >= 15 is 0 Å². The summed E-state index contributed by atoms with van der Waals surface area (Å²) in [6.45, 7) is 3.71. The number of aromatic nitrogens is 1. The zero-order chi connectivity index (χ0) is 11.2. The van der Waals surface area contributed by atoms with Crippen molar-refractivity contribution in [1.82, 2.24) is 4.98 Å². The molecule has 0 amide bonds. The summed E-state index contributed by atoms with van der Waals surface area (Å²) in [7, 11) is 0. The fourth-order valence-corrected chi connectivity index (χ4v) is 2.32. The Labute approximate surface area is 101 Å². The van der Waals surface area contributed by atoms with E-state index in [2.05, 4.69) is 36.0 Å². The van der Waals surface area contributed by atoms with E-state index in [-0.39, 0.29) is 0 Å². The number of hydrogen-bond acceptors (Lipinski definition) is 2. The second kappa shape index (κ2) is 5.71. The lowest BCUT2D eigenvalue weighted by atomic mass is 10.1. The molecular weight excluding hydrogens is 214 g/mol. The zero-order valence-corrected chi connectivity index (χ0v) is 9.96. The van der Waals surface area contributed by atoms with Crippen molar-refractivity contribution in [3.63, 3.8) is 0 Å². The van der Waals surface area contributed by atoms with Gasteiger partial charge in [-0.2, -0.15) is 11.8 Å². The maximum atomic E-state index is 4.34. The molecule has 1 aromatic carbocycles. The first-order valence-corrected chi connectivity index (χ1v) is 6.50. The normalized spacial score (nSPS) is 10.5. The molecule has 1 radical (unpaired) electrons. The summed E-state index contributed by atoms with van der Waals surface area (Å²) in [5.74, 6) is 2.09. The molecule has 0 saturated heterocycles. The predicted molar refractivity (Wildman–Crippen MR) is 71.8 cm³/mol. The Bertz CT molecular complexity index is 474. The van der Waals surface area contributed by atoms with E-state index in [4.69, 9.17) is 0 Å². The van der Waals surface area contributed by atoms with Gasteiger partial charge >= 0.3 is 0 Å². The van der Waals surface area contributed by atoms with Gasteiger partial charge in [0.1, 0.15) is 0 Å². The standard InChI is InChI=1S/C14H14NS/c1-2-10-16-11-8-14-13-6-4-3-5-12(13)7-9-15-14/h2-7H,1,8,10-11H2. The highest BCUT2D eigenvalue weighted by Crippen LogP contribution is 2.17. The van der Waals surface area contributed by atoms with Crippen LogP contribution >= 0.6 is 11.8 Å². The van der Waals surface area contributed by atoms with Gasteiger partial charge in [0, 0.05) is 16.8 Å². The Morgan fingerprint density at radius 1 is 1.38 bits per heavy atom. The third-order valence-electron chi connectivity index (χ3n) is 2.41. The molecule has 0 N–H and O–H groups in total. The van der Waals surface area contributed by atoms with Gasteiger partial charge in [-0.15, -0.1) is 6.58 Å². The number of aryl methyl sites for hydroxylation is 1. The minimum atomic E-state index is 0.996. The van der Waals surface area contributed by atoms with Gasteiger partial charge in [-0.25, -0.2) is 0 Å². The highest BCUT2D eigenvalue weighted by atomic mass is 32.2. The fourth-order valence-electron chi connectivity index (χ4n) is 1.65. The van der Waals surface area contributed by atoms with Crippen LogP contribution in [0.1, 0.15) is 5.69 Å². The van der Waals surface area contributed by atoms with E-state index in [9.17, 15) is 0 Å². The van der Waals surface area contributed by atoms with Crippen molar-refractivity contribution in [2.75, 3.05) is 11.5 Å². The average molecular weight is 228 g/mol. The van der Waals surface area contributed by atoms with Crippen LogP contribution in [0, 0.1) is 6.20 Å². The van der Waals surface area contributed by atoms with Gasteiger partial charge in [-0.1, -0.05) is 30.3 Å². The number of thioether (sulfide) groups is 1. The number of benzene rings is 1. The first kappa shape index (κ1) is 11.2. The van der Waals surface area contributed by atoms with Crippen LogP contribution in [0.15, 0.2) is 43.0 Å². The Hall–Kier alpha value is -1.28. The van der Waals surface area contributed by atoms with Crippen LogP contribution in [0.2, 0.25) is 0 Å². The summed E-state index contributed by atoms with van der Waals surface area (Å²) in [5.41, 5.74) is 1.15. The maximum absolute atomic E-state index is 4.34. The average Bonchev–Trinajstić information content (AvgIpc) is 2.35. The Kier molecular flexibility index (Phi) is 4.00. The van der Waals surface area contributed by atoms with Gasteiger partial charge in [0.25, 0.3) is 0 Å². The summed E-state index contributed by atoms with van der Waals surface area (Å²) in [6.07, 6.45) is 5.90. The fraction of sp³-hybridized carbons (Fsp3) is 0.214. The molecule has 0 atom stereocenters. The van der Waals surface area contributed by atoms with Gasteiger partial charge in [-0.05, 0) is 23.6 Å². The number of nitrogens with zero attached hydrogens (tertiary/aromatic N) is 1. The van der Waals surface area contributed by atoms with Gasteiger partial charge in [-0.3, -0.25) is 4.98 Å². The molecule has 0 aliphatic rings. The molecule has 0 aliphatic heterocycles. The van der Waals surface area contributed by atoms with Crippen LogP contribution in [-0.2, 0) is 6.42 Å². The van der Waals surface area contributed by atoms with Crippen molar-refractivity contribution >= 4 is 22.5 Å². The van der Waals surface area contributed by atoms with Crippen molar-refractivity contribution in [3.8, 4) is 0 Å². The molecular formula is C14H14NS. The van der Waals surface area contributed by atoms with Crippen molar-refractivity contribution < 1.29 is 0 Å². The van der Waals surface area contributed by atoms with Gasteiger partial charge in [0.15, 0.2) is 0 Å². The SMILES string of the molecule is C=CCSCCc1n[c]cc2ccccc12. The smallest absolute Gasteiger partial charge is 0.0896 e. The molecule has 0 spiro atoms. The van der Waals surface area contributed by atoms with Crippen molar-refractivity contribution in [3.05, 3.63) is 54.9 Å². The highest BCUT2D eigenvalue weighted by molar-refractivity contribution is 7.99. The maximum Gasteiger partial charge on any atom is 0.0896 e.